The lowest BCUT2D eigenvalue weighted by Gasteiger charge is -2.18. The predicted octanol–water partition coefficient (Wildman–Crippen LogP) is 8.23. The van der Waals surface area contributed by atoms with Crippen LogP contribution in [0.2, 0.25) is 0 Å². The van der Waals surface area contributed by atoms with Gasteiger partial charge in [-0.1, -0.05) is 32.9 Å². The van der Waals surface area contributed by atoms with Crippen molar-refractivity contribution >= 4 is 22.7 Å². The summed E-state index contributed by atoms with van der Waals surface area (Å²) in [6, 6.07) is 18.9. The van der Waals surface area contributed by atoms with Gasteiger partial charge in [0, 0.05) is 6.07 Å². The molecule has 0 aliphatic carbocycles. The van der Waals surface area contributed by atoms with Crippen molar-refractivity contribution in [3.63, 3.8) is 0 Å². The molecule has 3 aromatic rings. The fraction of sp³-hybridized carbons (Fsp3) is 0.357. The average Bonchev–Trinajstić information content (AvgIpc) is 2.89. The van der Waals surface area contributed by atoms with E-state index in [0.29, 0.717) is 13.0 Å². The molecular weight excluding hydrogens is 488 g/mol. The Hall–Kier alpha value is -4.34. The fourth-order valence-electron chi connectivity index (χ4n) is 3.57. The minimum absolute atomic E-state index is 0.0327. The zero-order valence-electron chi connectivity index (χ0n) is 21.8. The normalized spacial score (nSPS) is 11.4. The summed E-state index contributed by atoms with van der Waals surface area (Å²) in [6.07, 6.45) is 3.32. The zero-order valence-corrected chi connectivity index (χ0v) is 21.8. The maximum absolute atomic E-state index is 11.2. The lowest BCUT2D eigenvalue weighted by atomic mass is 9.87. The molecule has 10 heteroatoms. The van der Waals surface area contributed by atoms with Crippen molar-refractivity contribution in [2.24, 2.45) is 10.2 Å². The SMILES string of the molecule is CC(C)(C)c1cccc(N=Nc2ccc(OCCCCCCOc3ccc([N+](=O)[O-])cc3[N+](=O)[O-])cc2)c1. The topological polar surface area (TPSA) is 129 Å². The van der Waals surface area contributed by atoms with Crippen LogP contribution in [-0.2, 0) is 5.41 Å². The van der Waals surface area contributed by atoms with Gasteiger partial charge >= 0.3 is 5.69 Å². The summed E-state index contributed by atoms with van der Waals surface area (Å²) in [7, 11) is 0. The van der Waals surface area contributed by atoms with E-state index in [1.165, 1.54) is 17.7 Å². The van der Waals surface area contributed by atoms with E-state index in [4.69, 9.17) is 9.47 Å². The van der Waals surface area contributed by atoms with Crippen molar-refractivity contribution in [2.45, 2.75) is 51.9 Å². The molecule has 10 nitrogen and oxygen atoms in total. The van der Waals surface area contributed by atoms with E-state index in [0.717, 1.165) is 42.5 Å². The number of ether oxygens (including phenoxy) is 2. The second-order valence-electron chi connectivity index (χ2n) is 9.77. The first-order valence-corrected chi connectivity index (χ1v) is 12.4. The summed E-state index contributed by atoms with van der Waals surface area (Å²) in [4.78, 5) is 20.6. The Morgan fingerprint density at radius 2 is 1.39 bits per heavy atom. The van der Waals surface area contributed by atoms with Crippen molar-refractivity contribution in [1.82, 2.24) is 0 Å². The Balaban J connectivity index is 1.35. The quantitative estimate of drug-likeness (QED) is 0.0965. The van der Waals surface area contributed by atoms with Gasteiger partial charge in [-0.15, -0.1) is 0 Å². The average molecular weight is 521 g/mol. The maximum Gasteiger partial charge on any atom is 0.317 e. The molecule has 0 N–H and O–H groups in total. The summed E-state index contributed by atoms with van der Waals surface area (Å²) in [6.45, 7) is 7.34. The van der Waals surface area contributed by atoms with Crippen molar-refractivity contribution in [2.75, 3.05) is 13.2 Å². The minimum atomic E-state index is -0.680. The summed E-state index contributed by atoms with van der Waals surface area (Å²) < 4.78 is 11.3. The van der Waals surface area contributed by atoms with Crippen molar-refractivity contribution in [3.05, 3.63) is 92.5 Å². The molecule has 0 radical (unpaired) electrons. The third-order valence-corrected chi connectivity index (χ3v) is 5.74. The number of hydrogen-bond donors (Lipinski definition) is 0. The molecule has 0 aromatic heterocycles. The first kappa shape index (κ1) is 28.2. The molecule has 0 unspecified atom stereocenters. The van der Waals surface area contributed by atoms with E-state index in [1.807, 2.05) is 42.5 Å². The van der Waals surface area contributed by atoms with Gasteiger partial charge in [0.15, 0.2) is 5.75 Å². The lowest BCUT2D eigenvalue weighted by Crippen LogP contribution is -2.10. The number of nitro benzene ring substituents is 2. The molecule has 0 spiro atoms. The first-order valence-electron chi connectivity index (χ1n) is 12.4. The predicted molar refractivity (Wildman–Crippen MR) is 145 cm³/mol. The van der Waals surface area contributed by atoms with E-state index in [-0.39, 0.29) is 23.5 Å². The number of azo groups is 1. The number of hydrogen-bond acceptors (Lipinski definition) is 8. The molecule has 3 rings (SSSR count). The maximum atomic E-state index is 11.2. The molecule has 3 aromatic carbocycles. The summed E-state index contributed by atoms with van der Waals surface area (Å²) in [5, 5.41) is 30.6. The third-order valence-electron chi connectivity index (χ3n) is 5.74. The number of benzene rings is 3. The van der Waals surface area contributed by atoms with Crippen molar-refractivity contribution < 1.29 is 19.3 Å². The molecule has 0 bridgehead atoms. The van der Waals surface area contributed by atoms with Crippen LogP contribution in [-0.4, -0.2) is 23.1 Å². The van der Waals surface area contributed by atoms with Crippen molar-refractivity contribution in [3.8, 4) is 11.5 Å². The van der Waals surface area contributed by atoms with Gasteiger partial charge < -0.3 is 9.47 Å². The lowest BCUT2D eigenvalue weighted by molar-refractivity contribution is -0.394. The van der Waals surface area contributed by atoms with Crippen LogP contribution < -0.4 is 9.47 Å². The first-order chi connectivity index (χ1) is 18.1. The van der Waals surface area contributed by atoms with Crippen LogP contribution in [0.4, 0.5) is 22.7 Å². The highest BCUT2D eigenvalue weighted by atomic mass is 16.6. The molecule has 0 aliphatic rings. The second kappa shape index (κ2) is 13.3. The van der Waals surface area contributed by atoms with Gasteiger partial charge in [-0.2, -0.15) is 10.2 Å². The third kappa shape index (κ3) is 8.65. The number of non-ortho nitro benzene ring substituents is 1. The van der Waals surface area contributed by atoms with Crippen LogP contribution in [0.25, 0.3) is 0 Å². The van der Waals surface area contributed by atoms with E-state index < -0.39 is 15.5 Å². The summed E-state index contributed by atoms with van der Waals surface area (Å²) >= 11 is 0. The van der Waals surface area contributed by atoms with Crippen LogP contribution in [0.1, 0.15) is 52.0 Å². The molecule has 0 amide bonds. The fourth-order valence-corrected chi connectivity index (χ4v) is 3.57. The number of nitro groups is 2. The summed E-state index contributed by atoms with van der Waals surface area (Å²) in [5.41, 5.74) is 2.07. The molecule has 0 saturated heterocycles. The monoisotopic (exact) mass is 520 g/mol. The molecule has 0 fully saturated rings. The standard InChI is InChI=1S/C28H32N4O6/c1-28(2,3)21-9-8-10-23(19-21)30-29-22-11-14-25(15-12-22)37-17-6-4-5-7-18-38-27-16-13-24(31(33)34)20-26(27)32(35)36/h8-16,19-20H,4-7,17-18H2,1-3H3. The number of rotatable bonds is 13. The van der Waals surface area contributed by atoms with E-state index in [9.17, 15) is 20.2 Å². The largest absolute Gasteiger partial charge is 0.494 e. The zero-order chi connectivity index (χ0) is 27.5. The van der Waals surface area contributed by atoms with Crippen LogP contribution in [0, 0.1) is 20.2 Å². The Morgan fingerprint density at radius 1 is 0.737 bits per heavy atom. The van der Waals surface area contributed by atoms with Crippen LogP contribution in [0.15, 0.2) is 77.0 Å². The molecule has 0 aliphatic heterocycles. The van der Waals surface area contributed by atoms with Gasteiger partial charge in [0.05, 0.1) is 40.5 Å². The van der Waals surface area contributed by atoms with E-state index in [1.54, 1.807) is 0 Å². The summed E-state index contributed by atoms with van der Waals surface area (Å²) in [5.74, 6) is 0.790. The molecule has 38 heavy (non-hydrogen) atoms. The van der Waals surface area contributed by atoms with Gasteiger partial charge in [0.25, 0.3) is 5.69 Å². The highest BCUT2D eigenvalue weighted by Gasteiger charge is 2.20. The second-order valence-corrected chi connectivity index (χ2v) is 9.77. The van der Waals surface area contributed by atoms with Gasteiger partial charge in [0.1, 0.15) is 5.75 Å². The Kier molecular flexibility index (Phi) is 9.86. The van der Waals surface area contributed by atoms with Crippen molar-refractivity contribution in [1.29, 1.82) is 0 Å². The van der Waals surface area contributed by atoms with E-state index in [2.05, 4.69) is 37.1 Å². The van der Waals surface area contributed by atoms with Gasteiger partial charge in [-0.3, -0.25) is 20.2 Å². The Labute approximate surface area is 221 Å². The van der Waals surface area contributed by atoms with Gasteiger partial charge in [0.2, 0.25) is 0 Å². The molecule has 200 valence electrons. The van der Waals surface area contributed by atoms with Gasteiger partial charge in [-0.25, -0.2) is 0 Å². The van der Waals surface area contributed by atoms with Crippen LogP contribution >= 0.6 is 0 Å². The number of nitrogens with zero attached hydrogens (tertiary/aromatic N) is 4. The highest BCUT2D eigenvalue weighted by Crippen LogP contribution is 2.31. The molecular formula is C28H32N4O6. The van der Waals surface area contributed by atoms with Crippen LogP contribution in [0.3, 0.4) is 0 Å². The Morgan fingerprint density at radius 3 is 2.03 bits per heavy atom. The number of unbranched alkanes of at least 4 members (excludes halogenated alkanes) is 3. The smallest absolute Gasteiger partial charge is 0.317 e. The van der Waals surface area contributed by atoms with Gasteiger partial charge in [-0.05, 0) is 79.1 Å². The van der Waals surface area contributed by atoms with E-state index >= 15 is 0 Å². The minimum Gasteiger partial charge on any atom is -0.494 e. The molecule has 0 atom stereocenters. The molecule has 0 saturated carbocycles. The van der Waals surface area contributed by atoms with Crippen LogP contribution in [0.5, 0.6) is 11.5 Å². The highest BCUT2D eigenvalue weighted by molar-refractivity contribution is 5.53. The Bertz CT molecular complexity index is 1270. The molecule has 0 heterocycles.